The summed E-state index contributed by atoms with van der Waals surface area (Å²) in [7, 11) is 0. The van der Waals surface area contributed by atoms with E-state index < -0.39 is 0 Å². The number of hydrogen-bond acceptors (Lipinski definition) is 4. The van der Waals surface area contributed by atoms with Gasteiger partial charge in [0.25, 0.3) is 0 Å². The van der Waals surface area contributed by atoms with Gasteiger partial charge in [-0.05, 0) is 32.6 Å². The third-order valence-electron chi connectivity index (χ3n) is 4.62. The Bertz CT molecular complexity index is 310. The molecule has 0 aromatic heterocycles. The Morgan fingerprint density at radius 3 is 2.55 bits per heavy atom. The maximum absolute atomic E-state index is 12.3. The summed E-state index contributed by atoms with van der Waals surface area (Å²) < 4.78 is 5.34. The standard InChI is InChI=1S/C15H28N2O3/c1-12(14(19)16-13-5-3-2-4-6-13)17-15(11-18)7-9-20-10-8-15/h12-13,17-18H,2-11H2,1H3,(H,16,19). The van der Waals surface area contributed by atoms with Crippen molar-refractivity contribution in [1.82, 2.24) is 10.6 Å². The van der Waals surface area contributed by atoms with E-state index in [9.17, 15) is 9.90 Å². The number of aliphatic hydroxyl groups is 1. The van der Waals surface area contributed by atoms with E-state index in [1.165, 1.54) is 19.3 Å². The van der Waals surface area contributed by atoms with Gasteiger partial charge < -0.3 is 15.2 Å². The van der Waals surface area contributed by atoms with Crippen molar-refractivity contribution in [1.29, 1.82) is 0 Å². The van der Waals surface area contributed by atoms with Crippen molar-refractivity contribution in [3.63, 3.8) is 0 Å². The van der Waals surface area contributed by atoms with Crippen molar-refractivity contribution in [3.05, 3.63) is 0 Å². The molecule has 1 unspecified atom stereocenters. The topological polar surface area (TPSA) is 70.6 Å². The lowest BCUT2D eigenvalue weighted by atomic mass is 9.90. The molecule has 5 heteroatoms. The van der Waals surface area contributed by atoms with Crippen molar-refractivity contribution in [3.8, 4) is 0 Å². The van der Waals surface area contributed by atoms with Crippen LogP contribution in [-0.4, -0.2) is 48.5 Å². The summed E-state index contributed by atoms with van der Waals surface area (Å²) in [6.07, 6.45) is 7.41. The smallest absolute Gasteiger partial charge is 0.237 e. The molecule has 0 aromatic carbocycles. The average Bonchev–Trinajstić information content (AvgIpc) is 2.49. The van der Waals surface area contributed by atoms with Gasteiger partial charge >= 0.3 is 0 Å². The molecule has 1 aliphatic heterocycles. The Labute approximate surface area is 121 Å². The van der Waals surface area contributed by atoms with Crippen LogP contribution in [0.25, 0.3) is 0 Å². The molecule has 5 nitrogen and oxygen atoms in total. The van der Waals surface area contributed by atoms with Gasteiger partial charge in [0.15, 0.2) is 0 Å². The van der Waals surface area contributed by atoms with Gasteiger partial charge in [-0.25, -0.2) is 0 Å². The van der Waals surface area contributed by atoms with E-state index in [4.69, 9.17) is 4.74 Å². The average molecular weight is 284 g/mol. The Hall–Kier alpha value is -0.650. The molecule has 1 saturated heterocycles. The summed E-state index contributed by atoms with van der Waals surface area (Å²) >= 11 is 0. The first-order chi connectivity index (χ1) is 9.65. The van der Waals surface area contributed by atoms with Crippen LogP contribution in [0, 0.1) is 0 Å². The van der Waals surface area contributed by atoms with Crippen LogP contribution in [0.4, 0.5) is 0 Å². The van der Waals surface area contributed by atoms with E-state index in [1.807, 2.05) is 6.92 Å². The minimum Gasteiger partial charge on any atom is -0.394 e. The van der Waals surface area contributed by atoms with E-state index in [1.54, 1.807) is 0 Å². The summed E-state index contributed by atoms with van der Waals surface area (Å²) in [5, 5.41) is 16.1. The number of carbonyl (C=O) groups excluding carboxylic acids is 1. The molecule has 20 heavy (non-hydrogen) atoms. The zero-order valence-electron chi connectivity index (χ0n) is 12.5. The van der Waals surface area contributed by atoms with E-state index in [-0.39, 0.29) is 24.1 Å². The summed E-state index contributed by atoms with van der Waals surface area (Å²) in [5.74, 6) is 0.0521. The second-order valence-corrected chi connectivity index (χ2v) is 6.26. The van der Waals surface area contributed by atoms with Gasteiger partial charge in [-0.3, -0.25) is 10.1 Å². The summed E-state index contributed by atoms with van der Waals surface area (Å²) in [4.78, 5) is 12.3. The summed E-state index contributed by atoms with van der Waals surface area (Å²) in [6, 6.07) is 0.0578. The van der Waals surface area contributed by atoms with E-state index >= 15 is 0 Å². The highest BCUT2D eigenvalue weighted by atomic mass is 16.5. The number of hydrogen-bond donors (Lipinski definition) is 3. The number of aliphatic hydroxyl groups excluding tert-OH is 1. The highest BCUT2D eigenvalue weighted by Crippen LogP contribution is 2.21. The number of rotatable bonds is 5. The highest BCUT2D eigenvalue weighted by Gasteiger charge is 2.34. The van der Waals surface area contributed by atoms with Gasteiger partial charge in [-0.2, -0.15) is 0 Å². The third-order valence-corrected chi connectivity index (χ3v) is 4.62. The Morgan fingerprint density at radius 1 is 1.30 bits per heavy atom. The second-order valence-electron chi connectivity index (χ2n) is 6.26. The van der Waals surface area contributed by atoms with Crippen LogP contribution >= 0.6 is 0 Å². The molecule has 1 saturated carbocycles. The van der Waals surface area contributed by atoms with Gasteiger partial charge in [0, 0.05) is 24.8 Å². The fourth-order valence-corrected chi connectivity index (χ4v) is 3.21. The molecule has 2 fully saturated rings. The molecule has 1 amide bonds. The molecule has 2 aliphatic rings. The van der Waals surface area contributed by atoms with Gasteiger partial charge in [0.05, 0.1) is 12.6 Å². The minimum absolute atomic E-state index is 0.0521. The van der Waals surface area contributed by atoms with Crippen molar-refractivity contribution in [2.75, 3.05) is 19.8 Å². The zero-order valence-corrected chi connectivity index (χ0v) is 12.5. The molecule has 0 radical (unpaired) electrons. The summed E-state index contributed by atoms with van der Waals surface area (Å²) in [5.41, 5.74) is -0.360. The lowest BCUT2D eigenvalue weighted by Crippen LogP contribution is -2.59. The van der Waals surface area contributed by atoms with Gasteiger partial charge in [0.2, 0.25) is 5.91 Å². The molecular weight excluding hydrogens is 256 g/mol. The number of ether oxygens (including phenoxy) is 1. The van der Waals surface area contributed by atoms with E-state index in [0.717, 1.165) is 25.7 Å². The molecule has 1 atom stereocenters. The Balaban J connectivity index is 1.82. The van der Waals surface area contributed by atoms with Crippen molar-refractivity contribution < 1.29 is 14.6 Å². The van der Waals surface area contributed by atoms with Crippen LogP contribution in [0.2, 0.25) is 0 Å². The van der Waals surface area contributed by atoms with Crippen molar-refractivity contribution in [2.24, 2.45) is 0 Å². The van der Waals surface area contributed by atoms with Crippen LogP contribution in [0.1, 0.15) is 51.9 Å². The molecule has 0 aromatic rings. The molecule has 2 rings (SSSR count). The van der Waals surface area contributed by atoms with Crippen LogP contribution in [0.5, 0.6) is 0 Å². The van der Waals surface area contributed by atoms with Gasteiger partial charge in [-0.1, -0.05) is 19.3 Å². The van der Waals surface area contributed by atoms with Gasteiger partial charge in [-0.15, -0.1) is 0 Å². The van der Waals surface area contributed by atoms with Crippen LogP contribution in [-0.2, 0) is 9.53 Å². The molecule has 1 heterocycles. The predicted octanol–water partition coefficient (Wildman–Crippen LogP) is 0.955. The summed E-state index contributed by atoms with van der Waals surface area (Å²) in [6.45, 7) is 3.22. The molecule has 1 aliphatic carbocycles. The van der Waals surface area contributed by atoms with E-state index in [2.05, 4.69) is 10.6 Å². The fourth-order valence-electron chi connectivity index (χ4n) is 3.21. The van der Waals surface area contributed by atoms with Crippen molar-refractivity contribution >= 4 is 5.91 Å². The maximum Gasteiger partial charge on any atom is 0.237 e. The third kappa shape index (κ3) is 4.17. The number of amides is 1. The molecular formula is C15H28N2O3. The lowest BCUT2D eigenvalue weighted by Gasteiger charge is -2.38. The largest absolute Gasteiger partial charge is 0.394 e. The Kier molecular flexibility index (Phi) is 5.81. The second kappa shape index (κ2) is 7.38. The zero-order chi connectivity index (χ0) is 14.4. The molecule has 116 valence electrons. The normalized spacial score (nSPS) is 25.1. The quantitative estimate of drug-likeness (QED) is 0.703. The first kappa shape index (κ1) is 15.7. The SMILES string of the molecule is CC(NC1(CO)CCOCC1)C(=O)NC1CCCCC1. The minimum atomic E-state index is -0.360. The van der Waals surface area contributed by atoms with Crippen LogP contribution in [0.15, 0.2) is 0 Å². The van der Waals surface area contributed by atoms with Crippen LogP contribution in [0.3, 0.4) is 0 Å². The number of nitrogens with one attached hydrogen (secondary N) is 2. The first-order valence-corrected chi connectivity index (χ1v) is 7.92. The number of carbonyl (C=O) groups is 1. The van der Waals surface area contributed by atoms with Crippen molar-refractivity contribution in [2.45, 2.75) is 69.5 Å². The predicted molar refractivity (Wildman–Crippen MR) is 77.5 cm³/mol. The maximum atomic E-state index is 12.3. The first-order valence-electron chi connectivity index (χ1n) is 7.92. The lowest BCUT2D eigenvalue weighted by molar-refractivity contribution is -0.124. The van der Waals surface area contributed by atoms with Crippen LogP contribution < -0.4 is 10.6 Å². The fraction of sp³-hybridized carbons (Fsp3) is 0.933. The molecule has 0 bridgehead atoms. The van der Waals surface area contributed by atoms with Gasteiger partial charge in [0.1, 0.15) is 0 Å². The highest BCUT2D eigenvalue weighted by molar-refractivity contribution is 5.81. The van der Waals surface area contributed by atoms with E-state index in [0.29, 0.717) is 19.3 Å². The molecule has 0 spiro atoms. The monoisotopic (exact) mass is 284 g/mol. The molecule has 3 N–H and O–H groups in total. The Morgan fingerprint density at radius 2 is 1.95 bits per heavy atom.